The zero-order valence-electron chi connectivity index (χ0n) is 18.0. The summed E-state index contributed by atoms with van der Waals surface area (Å²) in [7, 11) is 1.56. The Labute approximate surface area is 201 Å². The number of carbonyl (C=O) groups excluding carboxylic acids is 2. The number of halogens is 2. The van der Waals surface area contributed by atoms with Crippen molar-refractivity contribution in [1.29, 1.82) is 0 Å². The zero-order valence-corrected chi connectivity index (χ0v) is 19.5. The Morgan fingerprint density at radius 3 is 2.45 bits per heavy atom. The number of likely N-dealkylation sites (tertiary alicyclic amines) is 1. The first-order valence-corrected chi connectivity index (χ1v) is 11.0. The fourth-order valence-electron chi connectivity index (χ4n) is 4.00. The van der Waals surface area contributed by atoms with Crippen LogP contribution < -0.4 is 4.74 Å². The first-order valence-electron chi connectivity index (χ1n) is 10.2. The van der Waals surface area contributed by atoms with Crippen molar-refractivity contribution < 1.29 is 19.4 Å². The number of rotatable bonds is 5. The monoisotopic (exact) mass is 481 g/mol. The van der Waals surface area contributed by atoms with Crippen LogP contribution in [0, 0.1) is 6.92 Å². The second-order valence-electron chi connectivity index (χ2n) is 7.82. The highest BCUT2D eigenvalue weighted by Gasteiger charge is 2.46. The minimum atomic E-state index is -0.773. The molecule has 1 amide bonds. The lowest BCUT2D eigenvalue weighted by Gasteiger charge is -2.26. The van der Waals surface area contributed by atoms with E-state index in [9.17, 15) is 14.7 Å². The third-order valence-corrected chi connectivity index (χ3v) is 6.32. The van der Waals surface area contributed by atoms with Gasteiger partial charge in [-0.1, -0.05) is 65.2 Å². The number of hydrogen-bond acceptors (Lipinski definition) is 4. The Morgan fingerprint density at radius 1 is 1.00 bits per heavy atom. The molecule has 1 saturated heterocycles. The van der Waals surface area contributed by atoms with Gasteiger partial charge in [-0.05, 0) is 48.4 Å². The maximum atomic E-state index is 13.2. The van der Waals surface area contributed by atoms with Crippen LogP contribution in [0.4, 0.5) is 0 Å². The van der Waals surface area contributed by atoms with Gasteiger partial charge in [-0.15, -0.1) is 0 Å². The quantitative estimate of drug-likeness (QED) is 0.278. The first kappa shape index (κ1) is 22.9. The lowest BCUT2D eigenvalue weighted by Crippen LogP contribution is -2.29. The predicted molar refractivity (Wildman–Crippen MR) is 128 cm³/mol. The molecule has 168 valence electrons. The number of carbonyl (C=O) groups is 2. The summed E-state index contributed by atoms with van der Waals surface area (Å²) in [5, 5.41) is 11.7. The maximum absolute atomic E-state index is 13.2. The van der Waals surface area contributed by atoms with Crippen molar-refractivity contribution in [2.75, 3.05) is 7.11 Å². The molecule has 0 aliphatic carbocycles. The zero-order chi connectivity index (χ0) is 23.7. The number of methoxy groups -OCH3 is 1. The third-order valence-electron chi connectivity index (χ3n) is 5.58. The summed E-state index contributed by atoms with van der Waals surface area (Å²) < 4.78 is 5.29. The molecule has 1 heterocycles. The lowest BCUT2D eigenvalue weighted by molar-refractivity contribution is -0.140. The second-order valence-corrected chi connectivity index (χ2v) is 8.64. The minimum absolute atomic E-state index is 0.00638. The van der Waals surface area contributed by atoms with E-state index in [-0.39, 0.29) is 22.9 Å². The first-order chi connectivity index (χ1) is 15.8. The molecule has 3 aromatic carbocycles. The van der Waals surface area contributed by atoms with E-state index in [0.717, 1.165) is 16.7 Å². The molecule has 3 aromatic rings. The molecule has 5 nitrogen and oxygen atoms in total. The number of nitrogens with zero attached hydrogens (tertiary/aromatic N) is 1. The van der Waals surface area contributed by atoms with E-state index in [1.165, 1.54) is 17.0 Å². The highest BCUT2D eigenvalue weighted by molar-refractivity contribution is 6.46. The van der Waals surface area contributed by atoms with E-state index in [2.05, 4.69) is 0 Å². The number of aryl methyl sites for hydroxylation is 1. The molecule has 0 bridgehead atoms. The standard InChI is InChI=1S/C26H21Cl2NO4/c1-15-5-3-7-17(11-15)23-22(24(30)18-9-10-20(27)21(28)13-18)25(31)26(32)29(23)14-16-6-4-8-19(12-16)33-2/h3-13,23,30H,14H2,1-2H3/b24-22-. The summed E-state index contributed by atoms with van der Waals surface area (Å²) in [6, 6.07) is 18.6. The van der Waals surface area contributed by atoms with Crippen LogP contribution in [0.15, 0.2) is 72.3 Å². The van der Waals surface area contributed by atoms with Crippen LogP contribution in [-0.2, 0) is 16.1 Å². The molecule has 0 saturated carbocycles. The molecule has 0 aromatic heterocycles. The summed E-state index contributed by atoms with van der Waals surface area (Å²) in [5.74, 6) is -1.10. The molecule has 0 spiro atoms. The van der Waals surface area contributed by atoms with Crippen molar-refractivity contribution in [3.63, 3.8) is 0 Å². The molecule has 1 atom stereocenters. The van der Waals surface area contributed by atoms with Crippen LogP contribution in [0.2, 0.25) is 10.0 Å². The highest BCUT2D eigenvalue weighted by atomic mass is 35.5. The van der Waals surface area contributed by atoms with Crippen molar-refractivity contribution in [2.24, 2.45) is 0 Å². The summed E-state index contributed by atoms with van der Waals surface area (Å²) in [5.41, 5.74) is 2.80. The van der Waals surface area contributed by atoms with E-state index < -0.39 is 17.7 Å². The second kappa shape index (κ2) is 9.30. The molecule has 1 N–H and O–H groups in total. The van der Waals surface area contributed by atoms with Crippen molar-refractivity contribution in [3.05, 3.63) is 105 Å². The van der Waals surface area contributed by atoms with Crippen LogP contribution >= 0.6 is 23.2 Å². The van der Waals surface area contributed by atoms with Crippen LogP contribution in [0.25, 0.3) is 5.76 Å². The number of ketones is 1. The molecule has 1 unspecified atom stereocenters. The lowest BCUT2D eigenvalue weighted by atomic mass is 9.94. The molecule has 1 aliphatic rings. The minimum Gasteiger partial charge on any atom is -0.507 e. The van der Waals surface area contributed by atoms with E-state index in [1.54, 1.807) is 19.2 Å². The number of benzene rings is 3. The van der Waals surface area contributed by atoms with Crippen LogP contribution in [0.1, 0.15) is 28.3 Å². The van der Waals surface area contributed by atoms with Crippen molar-refractivity contribution >= 4 is 40.7 Å². The number of aliphatic hydroxyl groups excluding tert-OH is 1. The number of ether oxygens (including phenoxy) is 1. The number of aliphatic hydroxyl groups is 1. The number of Topliss-reactive ketones (excluding diaryl/α,β-unsaturated/α-hetero) is 1. The molecule has 0 radical (unpaired) electrons. The maximum Gasteiger partial charge on any atom is 0.295 e. The summed E-state index contributed by atoms with van der Waals surface area (Å²) >= 11 is 12.1. The van der Waals surface area contributed by atoms with Gasteiger partial charge in [-0.3, -0.25) is 9.59 Å². The Morgan fingerprint density at radius 2 is 1.76 bits per heavy atom. The molecule has 7 heteroatoms. The van der Waals surface area contributed by atoms with Gasteiger partial charge >= 0.3 is 0 Å². The van der Waals surface area contributed by atoms with E-state index in [4.69, 9.17) is 27.9 Å². The molecular formula is C26H21Cl2NO4. The fourth-order valence-corrected chi connectivity index (χ4v) is 4.29. The molecule has 33 heavy (non-hydrogen) atoms. The Balaban J connectivity index is 1.87. The van der Waals surface area contributed by atoms with E-state index in [0.29, 0.717) is 16.3 Å². The van der Waals surface area contributed by atoms with Gasteiger partial charge in [0.25, 0.3) is 11.7 Å². The summed E-state index contributed by atoms with van der Waals surface area (Å²) in [6.07, 6.45) is 0. The summed E-state index contributed by atoms with van der Waals surface area (Å²) in [6.45, 7) is 2.09. The average molecular weight is 482 g/mol. The smallest absolute Gasteiger partial charge is 0.295 e. The topological polar surface area (TPSA) is 66.8 Å². The van der Waals surface area contributed by atoms with Gasteiger partial charge < -0.3 is 14.7 Å². The third kappa shape index (κ3) is 4.47. The van der Waals surface area contributed by atoms with Crippen molar-refractivity contribution in [3.8, 4) is 5.75 Å². The van der Waals surface area contributed by atoms with Gasteiger partial charge in [0.1, 0.15) is 11.5 Å². The van der Waals surface area contributed by atoms with Gasteiger partial charge in [-0.25, -0.2) is 0 Å². The van der Waals surface area contributed by atoms with Gasteiger partial charge in [0, 0.05) is 12.1 Å². The van der Waals surface area contributed by atoms with Gasteiger partial charge in [-0.2, -0.15) is 0 Å². The molecule has 1 aliphatic heterocycles. The normalized spacial score (nSPS) is 17.5. The molecular weight excluding hydrogens is 461 g/mol. The van der Waals surface area contributed by atoms with Crippen molar-refractivity contribution in [1.82, 2.24) is 4.90 Å². The van der Waals surface area contributed by atoms with Crippen LogP contribution in [0.3, 0.4) is 0 Å². The number of amides is 1. The highest BCUT2D eigenvalue weighted by Crippen LogP contribution is 2.41. The van der Waals surface area contributed by atoms with E-state index >= 15 is 0 Å². The van der Waals surface area contributed by atoms with Crippen LogP contribution in [-0.4, -0.2) is 28.8 Å². The average Bonchev–Trinajstić information content (AvgIpc) is 3.05. The van der Waals surface area contributed by atoms with Crippen LogP contribution in [0.5, 0.6) is 5.75 Å². The van der Waals surface area contributed by atoms with Crippen molar-refractivity contribution in [2.45, 2.75) is 19.5 Å². The number of hydrogen-bond donors (Lipinski definition) is 1. The van der Waals surface area contributed by atoms with Gasteiger partial charge in [0.15, 0.2) is 0 Å². The molecule has 1 fully saturated rings. The fraction of sp³-hybridized carbons (Fsp3) is 0.154. The predicted octanol–water partition coefficient (Wildman–Crippen LogP) is 5.93. The van der Waals surface area contributed by atoms with E-state index in [1.807, 2.05) is 49.4 Å². The largest absolute Gasteiger partial charge is 0.507 e. The van der Waals surface area contributed by atoms with Gasteiger partial charge in [0.2, 0.25) is 0 Å². The Bertz CT molecular complexity index is 1280. The Kier molecular flexibility index (Phi) is 6.45. The SMILES string of the molecule is COc1cccc(CN2C(=O)C(=O)/C(=C(\O)c3ccc(Cl)c(Cl)c3)C2c2cccc(C)c2)c1. The Hall–Kier alpha value is -3.28. The molecule has 4 rings (SSSR count). The summed E-state index contributed by atoms with van der Waals surface area (Å²) in [4.78, 5) is 27.8. The van der Waals surface area contributed by atoms with Gasteiger partial charge in [0.05, 0.1) is 28.8 Å².